The van der Waals surface area contributed by atoms with Crippen molar-refractivity contribution < 1.29 is 13.9 Å². The first-order chi connectivity index (χ1) is 6.63. The van der Waals surface area contributed by atoms with Crippen molar-refractivity contribution >= 4 is 11.6 Å². The molecule has 0 fully saturated rings. The molecule has 0 saturated carbocycles. The molecule has 1 aromatic carbocycles. The molecule has 0 aliphatic rings. The topological polar surface area (TPSA) is 38.3 Å². The number of nitrogens with one attached hydrogen (secondary N) is 1. The van der Waals surface area contributed by atoms with Crippen LogP contribution in [-0.2, 0) is 9.53 Å². The number of halogens is 1. The third-order valence-corrected chi connectivity index (χ3v) is 1.72. The molecule has 0 aromatic heterocycles. The van der Waals surface area contributed by atoms with Gasteiger partial charge < -0.3 is 10.1 Å². The van der Waals surface area contributed by atoms with Crippen LogP contribution in [0.4, 0.5) is 10.1 Å². The summed E-state index contributed by atoms with van der Waals surface area (Å²) >= 11 is 0. The Morgan fingerprint density at radius 1 is 1.57 bits per heavy atom. The lowest BCUT2D eigenvalue weighted by molar-refractivity contribution is -0.119. The molecule has 1 amide bonds. The summed E-state index contributed by atoms with van der Waals surface area (Å²) in [6.45, 7) is 1.64. The zero-order chi connectivity index (χ0) is 10.6. The molecule has 1 rings (SSSR count). The third kappa shape index (κ3) is 2.81. The number of aryl methyl sites for hydroxylation is 1. The lowest BCUT2D eigenvalue weighted by Gasteiger charge is -2.05. The maximum absolute atomic E-state index is 12.8. The summed E-state index contributed by atoms with van der Waals surface area (Å²) in [4.78, 5) is 11.1. The molecule has 76 valence electrons. The Hall–Kier alpha value is -1.42. The van der Waals surface area contributed by atoms with Crippen LogP contribution in [0.3, 0.4) is 0 Å². The van der Waals surface area contributed by atoms with Gasteiger partial charge in [0, 0.05) is 12.8 Å². The Kier molecular flexibility index (Phi) is 3.59. The molecule has 0 unspecified atom stereocenters. The van der Waals surface area contributed by atoms with Gasteiger partial charge in [-0.1, -0.05) is 0 Å². The maximum Gasteiger partial charge on any atom is 0.250 e. The van der Waals surface area contributed by atoms with Gasteiger partial charge >= 0.3 is 0 Å². The summed E-state index contributed by atoms with van der Waals surface area (Å²) in [7, 11) is 1.44. The lowest BCUT2D eigenvalue weighted by Crippen LogP contribution is -2.17. The number of rotatable bonds is 3. The van der Waals surface area contributed by atoms with Crippen LogP contribution >= 0.6 is 0 Å². The van der Waals surface area contributed by atoms with Crippen molar-refractivity contribution in [3.63, 3.8) is 0 Å². The van der Waals surface area contributed by atoms with Gasteiger partial charge in [0.1, 0.15) is 12.4 Å². The van der Waals surface area contributed by atoms with Gasteiger partial charge in [0.15, 0.2) is 0 Å². The van der Waals surface area contributed by atoms with E-state index in [1.807, 2.05) is 0 Å². The highest BCUT2D eigenvalue weighted by molar-refractivity contribution is 5.91. The molecule has 0 aliphatic heterocycles. The second kappa shape index (κ2) is 4.72. The number of methoxy groups -OCH3 is 1. The second-order valence-corrected chi connectivity index (χ2v) is 2.95. The minimum atomic E-state index is -0.283. The van der Waals surface area contributed by atoms with E-state index in [0.29, 0.717) is 11.3 Å². The standard InChI is InChI=1S/C10H12FNO2/c1-7-5-8(3-4-9(7)11)12-10(13)6-14-2/h3-5H,6H2,1-2H3,(H,12,13). The molecule has 0 saturated heterocycles. The number of hydrogen-bond donors (Lipinski definition) is 1. The number of carbonyl (C=O) groups is 1. The zero-order valence-electron chi connectivity index (χ0n) is 8.13. The van der Waals surface area contributed by atoms with Crippen molar-refractivity contribution in [2.24, 2.45) is 0 Å². The van der Waals surface area contributed by atoms with Crippen LogP contribution < -0.4 is 5.32 Å². The minimum Gasteiger partial charge on any atom is -0.375 e. The molecule has 1 N–H and O–H groups in total. The fourth-order valence-electron chi connectivity index (χ4n) is 1.05. The van der Waals surface area contributed by atoms with E-state index in [1.54, 1.807) is 13.0 Å². The Bertz CT molecular complexity index is 339. The lowest BCUT2D eigenvalue weighted by atomic mass is 10.2. The van der Waals surface area contributed by atoms with Gasteiger partial charge in [0.25, 0.3) is 0 Å². The molecule has 1 aromatic rings. The van der Waals surface area contributed by atoms with Crippen molar-refractivity contribution in [1.29, 1.82) is 0 Å². The normalized spacial score (nSPS) is 9.93. The quantitative estimate of drug-likeness (QED) is 0.801. The number of benzene rings is 1. The van der Waals surface area contributed by atoms with Gasteiger partial charge in [0.05, 0.1) is 0 Å². The molecule has 14 heavy (non-hydrogen) atoms. The molecule has 0 heterocycles. The highest BCUT2D eigenvalue weighted by Gasteiger charge is 2.03. The number of hydrogen-bond acceptors (Lipinski definition) is 2. The van der Waals surface area contributed by atoms with Crippen molar-refractivity contribution in [2.45, 2.75) is 6.92 Å². The molecule has 0 atom stereocenters. The molecular weight excluding hydrogens is 185 g/mol. The molecule has 0 aliphatic carbocycles. The summed E-state index contributed by atoms with van der Waals surface area (Å²) in [6, 6.07) is 4.40. The van der Waals surface area contributed by atoms with Crippen LogP contribution in [0.2, 0.25) is 0 Å². The molecule has 0 radical (unpaired) electrons. The highest BCUT2D eigenvalue weighted by atomic mass is 19.1. The maximum atomic E-state index is 12.8. The first kappa shape index (κ1) is 10.7. The Morgan fingerprint density at radius 3 is 2.86 bits per heavy atom. The molecule has 3 nitrogen and oxygen atoms in total. The summed E-state index contributed by atoms with van der Waals surface area (Å²) in [6.07, 6.45) is 0. The van der Waals surface area contributed by atoms with Crippen molar-refractivity contribution in [2.75, 3.05) is 19.0 Å². The van der Waals surface area contributed by atoms with E-state index in [2.05, 4.69) is 10.1 Å². The number of amides is 1. The fourth-order valence-corrected chi connectivity index (χ4v) is 1.05. The number of carbonyl (C=O) groups excluding carboxylic acids is 1. The van der Waals surface area contributed by atoms with Gasteiger partial charge in [-0.2, -0.15) is 0 Å². The smallest absolute Gasteiger partial charge is 0.250 e. The molecule has 0 bridgehead atoms. The van der Waals surface area contributed by atoms with Crippen LogP contribution in [0.15, 0.2) is 18.2 Å². The first-order valence-corrected chi connectivity index (χ1v) is 4.18. The van der Waals surface area contributed by atoms with Gasteiger partial charge in [-0.15, -0.1) is 0 Å². The van der Waals surface area contributed by atoms with Crippen LogP contribution in [0, 0.1) is 12.7 Å². The highest BCUT2D eigenvalue weighted by Crippen LogP contribution is 2.13. The second-order valence-electron chi connectivity index (χ2n) is 2.95. The van der Waals surface area contributed by atoms with Gasteiger partial charge in [0.2, 0.25) is 5.91 Å². The predicted octanol–water partition coefficient (Wildman–Crippen LogP) is 1.72. The average Bonchev–Trinajstić information content (AvgIpc) is 2.12. The van der Waals surface area contributed by atoms with Crippen LogP contribution in [0.1, 0.15) is 5.56 Å². The SMILES string of the molecule is COCC(=O)Nc1ccc(F)c(C)c1. The fraction of sp³-hybridized carbons (Fsp3) is 0.300. The van der Waals surface area contributed by atoms with Crippen molar-refractivity contribution in [1.82, 2.24) is 0 Å². The van der Waals surface area contributed by atoms with Crippen LogP contribution in [0.5, 0.6) is 0 Å². The summed E-state index contributed by atoms with van der Waals surface area (Å²) < 4.78 is 17.5. The van der Waals surface area contributed by atoms with E-state index in [9.17, 15) is 9.18 Å². The van der Waals surface area contributed by atoms with Crippen LogP contribution in [0.25, 0.3) is 0 Å². The van der Waals surface area contributed by atoms with Gasteiger partial charge in [-0.05, 0) is 30.7 Å². The number of anilines is 1. The molecule has 0 spiro atoms. The average molecular weight is 197 g/mol. The van der Waals surface area contributed by atoms with E-state index < -0.39 is 0 Å². The summed E-state index contributed by atoms with van der Waals surface area (Å²) in [5.41, 5.74) is 1.08. The van der Waals surface area contributed by atoms with Crippen LogP contribution in [-0.4, -0.2) is 19.6 Å². The molecule has 4 heteroatoms. The van der Waals surface area contributed by atoms with Gasteiger partial charge in [-0.3, -0.25) is 4.79 Å². The Labute approximate surface area is 81.9 Å². The van der Waals surface area contributed by atoms with E-state index in [-0.39, 0.29) is 18.3 Å². The van der Waals surface area contributed by atoms with Crippen molar-refractivity contribution in [3.05, 3.63) is 29.6 Å². The minimum absolute atomic E-state index is 0.00355. The van der Waals surface area contributed by atoms with E-state index in [1.165, 1.54) is 19.2 Å². The summed E-state index contributed by atoms with van der Waals surface area (Å²) in [5.74, 6) is -0.534. The third-order valence-electron chi connectivity index (χ3n) is 1.72. The van der Waals surface area contributed by atoms with E-state index >= 15 is 0 Å². The van der Waals surface area contributed by atoms with E-state index in [4.69, 9.17) is 0 Å². The monoisotopic (exact) mass is 197 g/mol. The molecular formula is C10H12FNO2. The summed E-state index contributed by atoms with van der Waals surface area (Å²) in [5, 5.41) is 2.58. The zero-order valence-corrected chi connectivity index (χ0v) is 8.13. The Morgan fingerprint density at radius 2 is 2.29 bits per heavy atom. The Balaban J connectivity index is 2.68. The van der Waals surface area contributed by atoms with Crippen molar-refractivity contribution in [3.8, 4) is 0 Å². The van der Waals surface area contributed by atoms with E-state index in [0.717, 1.165) is 0 Å². The number of ether oxygens (including phenoxy) is 1. The first-order valence-electron chi connectivity index (χ1n) is 4.18. The van der Waals surface area contributed by atoms with Gasteiger partial charge in [-0.25, -0.2) is 4.39 Å². The predicted molar refractivity (Wildman–Crippen MR) is 51.6 cm³/mol. The largest absolute Gasteiger partial charge is 0.375 e.